The van der Waals surface area contributed by atoms with E-state index in [9.17, 15) is 4.79 Å². The Kier molecular flexibility index (Phi) is 4.65. The maximum Gasteiger partial charge on any atom is 0.280 e. The van der Waals surface area contributed by atoms with E-state index >= 15 is 0 Å². The molecule has 0 fully saturated rings. The number of carbonyl (C=O) groups is 1. The van der Waals surface area contributed by atoms with Gasteiger partial charge in [-0.3, -0.25) is 4.79 Å². The molecule has 0 aliphatic carbocycles. The summed E-state index contributed by atoms with van der Waals surface area (Å²) < 4.78 is 6.82. The van der Waals surface area contributed by atoms with E-state index in [4.69, 9.17) is 10.5 Å². The number of benzene rings is 2. The highest BCUT2D eigenvalue weighted by molar-refractivity contribution is 6.05. The van der Waals surface area contributed by atoms with Gasteiger partial charge in [0.15, 0.2) is 11.5 Å². The molecule has 128 valence electrons. The van der Waals surface area contributed by atoms with Crippen molar-refractivity contribution < 1.29 is 9.53 Å². The number of nitrogens with one attached hydrogen (secondary N) is 1. The summed E-state index contributed by atoms with van der Waals surface area (Å²) in [6, 6.07) is 14.7. The van der Waals surface area contributed by atoms with E-state index in [-0.39, 0.29) is 11.5 Å². The molecule has 1 aromatic heterocycles. The minimum absolute atomic E-state index is 0.0791. The molecule has 2 aromatic carbocycles. The highest BCUT2D eigenvalue weighted by atomic mass is 16.5. The lowest BCUT2D eigenvalue weighted by Crippen LogP contribution is -2.15. The van der Waals surface area contributed by atoms with E-state index in [2.05, 4.69) is 15.6 Å². The van der Waals surface area contributed by atoms with Crippen LogP contribution in [0.4, 0.5) is 11.5 Å². The third-order valence-electron chi connectivity index (χ3n) is 3.59. The first kappa shape index (κ1) is 16.5. The van der Waals surface area contributed by atoms with Crippen molar-refractivity contribution in [2.75, 3.05) is 17.7 Å². The third-order valence-corrected chi connectivity index (χ3v) is 3.59. The maximum atomic E-state index is 12.4. The highest BCUT2D eigenvalue weighted by Crippen LogP contribution is 2.19. The molecule has 0 saturated heterocycles. The number of anilines is 2. The summed E-state index contributed by atoms with van der Waals surface area (Å²) in [5.74, 6) is 0.514. The number of aromatic nitrogens is 3. The number of amides is 1. The lowest BCUT2D eigenvalue weighted by Gasteiger charge is -2.07. The zero-order chi connectivity index (χ0) is 17.8. The van der Waals surface area contributed by atoms with Gasteiger partial charge >= 0.3 is 0 Å². The van der Waals surface area contributed by atoms with Gasteiger partial charge in [0.05, 0.1) is 12.3 Å². The first-order valence-electron chi connectivity index (χ1n) is 7.91. The molecule has 25 heavy (non-hydrogen) atoms. The Labute approximate surface area is 145 Å². The molecule has 1 amide bonds. The standard InChI is InChI=1S/C18H19N5O2/c1-3-25-15-9-7-13(8-10-15)20-18(24)16-17(19)23(22-21-16)14-6-4-5-12(2)11-14/h4-11H,3,19H2,1-2H3,(H,20,24). The zero-order valence-corrected chi connectivity index (χ0v) is 14.1. The van der Waals surface area contributed by atoms with E-state index < -0.39 is 5.91 Å². The molecule has 0 unspecified atom stereocenters. The predicted molar refractivity (Wildman–Crippen MR) is 96.1 cm³/mol. The Morgan fingerprint density at radius 2 is 2.00 bits per heavy atom. The summed E-state index contributed by atoms with van der Waals surface area (Å²) in [5, 5.41) is 10.7. The lowest BCUT2D eigenvalue weighted by atomic mass is 10.2. The summed E-state index contributed by atoms with van der Waals surface area (Å²) in [7, 11) is 0. The van der Waals surface area contributed by atoms with Gasteiger partial charge in [-0.1, -0.05) is 17.3 Å². The largest absolute Gasteiger partial charge is 0.494 e. The van der Waals surface area contributed by atoms with E-state index in [1.54, 1.807) is 24.3 Å². The number of hydrogen-bond acceptors (Lipinski definition) is 5. The number of carbonyl (C=O) groups excluding carboxylic acids is 1. The molecular formula is C18H19N5O2. The fraction of sp³-hybridized carbons (Fsp3) is 0.167. The number of nitrogen functional groups attached to an aromatic ring is 1. The van der Waals surface area contributed by atoms with Crippen LogP contribution in [0.25, 0.3) is 5.69 Å². The number of aryl methyl sites for hydroxylation is 1. The summed E-state index contributed by atoms with van der Waals surface area (Å²) in [6.45, 7) is 4.47. The zero-order valence-electron chi connectivity index (χ0n) is 14.1. The average Bonchev–Trinajstić information content (AvgIpc) is 2.98. The van der Waals surface area contributed by atoms with Crippen LogP contribution in [0, 0.1) is 6.92 Å². The van der Waals surface area contributed by atoms with Crippen molar-refractivity contribution in [1.82, 2.24) is 15.0 Å². The first-order chi connectivity index (χ1) is 12.1. The van der Waals surface area contributed by atoms with E-state index in [1.807, 2.05) is 38.1 Å². The van der Waals surface area contributed by atoms with Gasteiger partial charge in [-0.15, -0.1) is 5.10 Å². The van der Waals surface area contributed by atoms with Crippen LogP contribution < -0.4 is 15.8 Å². The Bertz CT molecular complexity index is 887. The van der Waals surface area contributed by atoms with Gasteiger partial charge in [0.25, 0.3) is 5.91 Å². The number of ether oxygens (including phenoxy) is 1. The predicted octanol–water partition coefficient (Wildman–Crippen LogP) is 2.81. The number of rotatable bonds is 5. The molecule has 0 aliphatic heterocycles. The Morgan fingerprint density at radius 1 is 1.24 bits per heavy atom. The average molecular weight is 337 g/mol. The second kappa shape index (κ2) is 7.04. The van der Waals surface area contributed by atoms with E-state index in [0.717, 1.165) is 17.0 Å². The molecule has 0 spiro atoms. The van der Waals surface area contributed by atoms with Crippen molar-refractivity contribution in [2.24, 2.45) is 0 Å². The van der Waals surface area contributed by atoms with Crippen LogP contribution in [0.1, 0.15) is 23.0 Å². The number of hydrogen-bond donors (Lipinski definition) is 2. The fourth-order valence-corrected chi connectivity index (χ4v) is 2.39. The van der Waals surface area contributed by atoms with Crippen molar-refractivity contribution >= 4 is 17.4 Å². The Morgan fingerprint density at radius 3 is 2.68 bits per heavy atom. The second-order valence-corrected chi connectivity index (χ2v) is 5.49. The minimum atomic E-state index is -0.416. The van der Waals surface area contributed by atoms with Gasteiger partial charge in [-0.05, 0) is 55.8 Å². The van der Waals surface area contributed by atoms with Gasteiger partial charge in [-0.2, -0.15) is 4.68 Å². The maximum absolute atomic E-state index is 12.4. The number of nitrogens with zero attached hydrogens (tertiary/aromatic N) is 3. The van der Waals surface area contributed by atoms with Crippen LogP contribution in [-0.4, -0.2) is 27.5 Å². The van der Waals surface area contributed by atoms with Crippen molar-refractivity contribution in [3.8, 4) is 11.4 Å². The molecule has 0 radical (unpaired) electrons. The second-order valence-electron chi connectivity index (χ2n) is 5.49. The molecule has 3 aromatic rings. The van der Waals surface area contributed by atoms with Crippen molar-refractivity contribution in [3.05, 3.63) is 59.8 Å². The molecule has 0 aliphatic rings. The Balaban J connectivity index is 1.79. The first-order valence-corrected chi connectivity index (χ1v) is 7.91. The highest BCUT2D eigenvalue weighted by Gasteiger charge is 2.18. The van der Waals surface area contributed by atoms with Crippen LogP contribution in [-0.2, 0) is 0 Å². The van der Waals surface area contributed by atoms with Gasteiger partial charge in [0, 0.05) is 5.69 Å². The van der Waals surface area contributed by atoms with Gasteiger partial charge in [0.2, 0.25) is 0 Å². The van der Waals surface area contributed by atoms with Crippen LogP contribution in [0.5, 0.6) is 5.75 Å². The van der Waals surface area contributed by atoms with Gasteiger partial charge in [0.1, 0.15) is 5.75 Å². The summed E-state index contributed by atoms with van der Waals surface area (Å²) in [6.07, 6.45) is 0. The van der Waals surface area contributed by atoms with Crippen LogP contribution in [0.2, 0.25) is 0 Å². The topological polar surface area (TPSA) is 95.1 Å². The smallest absolute Gasteiger partial charge is 0.280 e. The molecule has 1 heterocycles. The quantitative estimate of drug-likeness (QED) is 0.746. The van der Waals surface area contributed by atoms with Crippen molar-refractivity contribution in [1.29, 1.82) is 0 Å². The lowest BCUT2D eigenvalue weighted by molar-refractivity contribution is 0.102. The normalized spacial score (nSPS) is 10.5. The summed E-state index contributed by atoms with van der Waals surface area (Å²) >= 11 is 0. The van der Waals surface area contributed by atoms with Crippen molar-refractivity contribution in [2.45, 2.75) is 13.8 Å². The van der Waals surface area contributed by atoms with Crippen LogP contribution >= 0.6 is 0 Å². The molecule has 7 nitrogen and oxygen atoms in total. The molecule has 0 bridgehead atoms. The summed E-state index contributed by atoms with van der Waals surface area (Å²) in [4.78, 5) is 12.4. The Hall–Kier alpha value is -3.35. The number of nitrogens with two attached hydrogens (primary N) is 1. The SMILES string of the molecule is CCOc1ccc(NC(=O)c2nnn(-c3cccc(C)c3)c2N)cc1. The summed E-state index contributed by atoms with van der Waals surface area (Å²) in [5.41, 5.74) is 8.58. The van der Waals surface area contributed by atoms with Crippen LogP contribution in [0.3, 0.4) is 0 Å². The van der Waals surface area contributed by atoms with E-state index in [1.165, 1.54) is 4.68 Å². The third kappa shape index (κ3) is 3.60. The monoisotopic (exact) mass is 337 g/mol. The molecule has 3 N–H and O–H groups in total. The molecule has 0 saturated carbocycles. The van der Waals surface area contributed by atoms with Crippen molar-refractivity contribution in [3.63, 3.8) is 0 Å². The fourth-order valence-electron chi connectivity index (χ4n) is 2.39. The molecular weight excluding hydrogens is 318 g/mol. The molecule has 0 atom stereocenters. The molecule has 3 rings (SSSR count). The van der Waals surface area contributed by atoms with E-state index in [0.29, 0.717) is 12.3 Å². The molecule has 7 heteroatoms. The minimum Gasteiger partial charge on any atom is -0.494 e. The van der Waals surface area contributed by atoms with Gasteiger partial charge in [-0.25, -0.2) is 0 Å². The van der Waals surface area contributed by atoms with Gasteiger partial charge < -0.3 is 15.8 Å². The van der Waals surface area contributed by atoms with Crippen LogP contribution in [0.15, 0.2) is 48.5 Å².